The number of non-ortho nitro benzene ring substituents is 1. The number of pyridine rings is 1. The summed E-state index contributed by atoms with van der Waals surface area (Å²) in [4.78, 5) is 27.9. The Labute approximate surface area is 120 Å². The van der Waals surface area contributed by atoms with Crippen LogP contribution in [0.2, 0.25) is 0 Å². The quantitative estimate of drug-likeness (QED) is 0.682. The fraction of sp³-hybridized carbons (Fsp3) is 0.143. The van der Waals surface area contributed by atoms with E-state index >= 15 is 0 Å². The number of fused-ring (bicyclic) bond motifs is 1. The van der Waals surface area contributed by atoms with Gasteiger partial charge in [0.05, 0.1) is 17.9 Å². The van der Waals surface area contributed by atoms with E-state index in [1.165, 1.54) is 12.1 Å². The van der Waals surface area contributed by atoms with Gasteiger partial charge in [0.25, 0.3) is 5.69 Å². The van der Waals surface area contributed by atoms with Gasteiger partial charge in [0.2, 0.25) is 5.91 Å². The molecule has 0 fully saturated rings. The van der Waals surface area contributed by atoms with Gasteiger partial charge >= 0.3 is 0 Å². The lowest BCUT2D eigenvalue weighted by Crippen LogP contribution is -2.26. The molecular formula is C14H12N4O3. The Morgan fingerprint density at radius 3 is 2.86 bits per heavy atom. The van der Waals surface area contributed by atoms with E-state index < -0.39 is 4.92 Å². The van der Waals surface area contributed by atoms with Crippen molar-refractivity contribution in [1.82, 2.24) is 4.98 Å². The molecular weight excluding hydrogens is 272 g/mol. The van der Waals surface area contributed by atoms with Crippen LogP contribution in [0.5, 0.6) is 0 Å². The number of hydrogen-bond donors (Lipinski definition) is 1. The summed E-state index contributed by atoms with van der Waals surface area (Å²) in [5.41, 5.74) is 7.87. The fourth-order valence-corrected chi connectivity index (χ4v) is 2.43. The lowest BCUT2D eigenvalue weighted by molar-refractivity contribution is -0.384. The van der Waals surface area contributed by atoms with Gasteiger partial charge < -0.3 is 10.6 Å². The molecule has 2 heterocycles. The van der Waals surface area contributed by atoms with E-state index in [4.69, 9.17) is 5.73 Å². The minimum Gasteiger partial charge on any atom is -0.384 e. The van der Waals surface area contributed by atoms with Crippen LogP contribution >= 0.6 is 0 Å². The van der Waals surface area contributed by atoms with Gasteiger partial charge in [-0.3, -0.25) is 14.9 Å². The lowest BCUT2D eigenvalue weighted by Gasteiger charge is -2.17. The molecule has 0 spiro atoms. The molecule has 0 saturated heterocycles. The third-order valence-corrected chi connectivity index (χ3v) is 3.39. The molecule has 0 saturated carbocycles. The Morgan fingerprint density at radius 2 is 2.14 bits per heavy atom. The molecule has 2 N–H and O–H groups in total. The standard InChI is InChI=1S/C14H12N4O3/c15-13-5-9(3-4-16-13)8-17-12-2-1-11(18(20)21)6-10(12)7-14(17)19/h1-6H,7-8H2,(H2,15,16). The minimum absolute atomic E-state index is 0.00319. The van der Waals surface area contributed by atoms with Crippen molar-refractivity contribution in [2.75, 3.05) is 10.6 Å². The molecule has 0 unspecified atom stereocenters. The number of nitro benzene ring substituents is 1. The molecule has 7 heteroatoms. The highest BCUT2D eigenvalue weighted by Gasteiger charge is 2.28. The Kier molecular flexibility index (Phi) is 3.02. The molecule has 0 bridgehead atoms. The molecule has 1 aromatic carbocycles. The summed E-state index contributed by atoms with van der Waals surface area (Å²) in [6.45, 7) is 0.371. The third-order valence-electron chi connectivity index (χ3n) is 3.39. The Hall–Kier alpha value is -2.96. The van der Waals surface area contributed by atoms with Gasteiger partial charge in [0, 0.05) is 24.0 Å². The fourth-order valence-electron chi connectivity index (χ4n) is 2.43. The van der Waals surface area contributed by atoms with Gasteiger partial charge in [0.15, 0.2) is 0 Å². The van der Waals surface area contributed by atoms with Crippen LogP contribution in [0.3, 0.4) is 0 Å². The van der Waals surface area contributed by atoms with Gasteiger partial charge in [-0.25, -0.2) is 4.98 Å². The SMILES string of the molecule is Nc1cc(CN2C(=O)Cc3cc([N+](=O)[O-])ccc32)ccn1. The van der Waals surface area contributed by atoms with E-state index in [9.17, 15) is 14.9 Å². The molecule has 0 aliphatic carbocycles. The number of benzene rings is 1. The number of nitrogens with two attached hydrogens (primary N) is 1. The van der Waals surface area contributed by atoms with Crippen molar-refractivity contribution < 1.29 is 9.72 Å². The maximum absolute atomic E-state index is 12.1. The molecule has 7 nitrogen and oxygen atoms in total. The van der Waals surface area contributed by atoms with Gasteiger partial charge in [-0.05, 0) is 29.3 Å². The van der Waals surface area contributed by atoms with Crippen LogP contribution in [-0.4, -0.2) is 15.8 Å². The molecule has 1 aromatic heterocycles. The largest absolute Gasteiger partial charge is 0.384 e. The highest BCUT2D eigenvalue weighted by atomic mass is 16.6. The number of carbonyl (C=O) groups is 1. The topological polar surface area (TPSA) is 102 Å². The Balaban J connectivity index is 1.92. The van der Waals surface area contributed by atoms with Crippen molar-refractivity contribution >= 4 is 23.1 Å². The first-order valence-electron chi connectivity index (χ1n) is 6.32. The van der Waals surface area contributed by atoms with Crippen molar-refractivity contribution in [1.29, 1.82) is 0 Å². The zero-order chi connectivity index (χ0) is 15.0. The third kappa shape index (κ3) is 2.40. The number of nitrogen functional groups attached to an aromatic ring is 1. The smallest absolute Gasteiger partial charge is 0.269 e. The molecule has 106 valence electrons. The molecule has 0 radical (unpaired) electrons. The number of carbonyl (C=O) groups excluding carboxylic acids is 1. The van der Waals surface area contributed by atoms with Crippen LogP contribution in [-0.2, 0) is 17.8 Å². The number of nitrogens with zero attached hydrogens (tertiary/aromatic N) is 3. The molecule has 3 rings (SSSR count). The summed E-state index contributed by atoms with van der Waals surface area (Å²) in [7, 11) is 0. The average Bonchev–Trinajstić information content (AvgIpc) is 2.74. The maximum Gasteiger partial charge on any atom is 0.269 e. The number of aromatic nitrogens is 1. The van der Waals surface area contributed by atoms with Gasteiger partial charge in [0.1, 0.15) is 5.82 Å². The summed E-state index contributed by atoms with van der Waals surface area (Å²) in [5, 5.41) is 10.8. The summed E-state index contributed by atoms with van der Waals surface area (Å²) in [6, 6.07) is 7.96. The van der Waals surface area contributed by atoms with Crippen LogP contribution in [0.25, 0.3) is 0 Å². The number of hydrogen-bond acceptors (Lipinski definition) is 5. The van der Waals surface area contributed by atoms with E-state index in [1.54, 1.807) is 29.3 Å². The molecule has 1 aliphatic rings. The van der Waals surface area contributed by atoms with Gasteiger partial charge in [-0.1, -0.05) is 0 Å². The van der Waals surface area contributed by atoms with Crippen LogP contribution in [0.4, 0.5) is 17.2 Å². The summed E-state index contributed by atoms with van der Waals surface area (Å²) >= 11 is 0. The zero-order valence-electron chi connectivity index (χ0n) is 11.0. The number of amides is 1. The normalized spacial score (nSPS) is 13.3. The zero-order valence-corrected chi connectivity index (χ0v) is 11.0. The van der Waals surface area contributed by atoms with E-state index in [0.29, 0.717) is 23.6 Å². The van der Waals surface area contributed by atoms with Crippen LogP contribution < -0.4 is 10.6 Å². The number of nitro groups is 1. The van der Waals surface area contributed by atoms with Crippen LogP contribution in [0.15, 0.2) is 36.5 Å². The maximum atomic E-state index is 12.1. The summed E-state index contributed by atoms with van der Waals surface area (Å²) in [6.07, 6.45) is 1.76. The Morgan fingerprint density at radius 1 is 1.33 bits per heavy atom. The molecule has 1 aliphatic heterocycles. The summed E-state index contributed by atoms with van der Waals surface area (Å²) < 4.78 is 0. The monoisotopic (exact) mass is 284 g/mol. The molecule has 21 heavy (non-hydrogen) atoms. The number of rotatable bonds is 3. The Bertz CT molecular complexity index is 745. The van der Waals surface area contributed by atoms with E-state index in [1.807, 2.05) is 0 Å². The first-order chi connectivity index (χ1) is 10.0. The van der Waals surface area contributed by atoms with Crippen molar-refractivity contribution in [3.8, 4) is 0 Å². The lowest BCUT2D eigenvalue weighted by atomic mass is 10.1. The molecule has 0 atom stereocenters. The number of anilines is 2. The molecule has 2 aromatic rings. The highest BCUT2D eigenvalue weighted by Crippen LogP contribution is 2.33. The van der Waals surface area contributed by atoms with E-state index in [2.05, 4.69) is 4.98 Å². The summed E-state index contributed by atoms with van der Waals surface area (Å²) in [5.74, 6) is 0.309. The first-order valence-corrected chi connectivity index (χ1v) is 6.32. The van der Waals surface area contributed by atoms with E-state index in [0.717, 1.165) is 5.56 Å². The van der Waals surface area contributed by atoms with Gasteiger partial charge in [-0.15, -0.1) is 0 Å². The van der Waals surface area contributed by atoms with E-state index in [-0.39, 0.29) is 18.0 Å². The van der Waals surface area contributed by atoms with Crippen molar-refractivity contribution in [2.24, 2.45) is 0 Å². The van der Waals surface area contributed by atoms with Crippen molar-refractivity contribution in [3.05, 3.63) is 57.8 Å². The second-order valence-corrected chi connectivity index (χ2v) is 4.82. The predicted molar refractivity (Wildman–Crippen MR) is 76.6 cm³/mol. The molecule has 1 amide bonds. The second kappa shape index (κ2) is 4.86. The van der Waals surface area contributed by atoms with Crippen LogP contribution in [0, 0.1) is 10.1 Å². The first kappa shape index (κ1) is 13.0. The predicted octanol–water partition coefficient (Wildman–Crippen LogP) is 1.66. The minimum atomic E-state index is -0.461. The van der Waals surface area contributed by atoms with Crippen LogP contribution in [0.1, 0.15) is 11.1 Å². The van der Waals surface area contributed by atoms with Gasteiger partial charge in [-0.2, -0.15) is 0 Å². The average molecular weight is 284 g/mol. The van der Waals surface area contributed by atoms with Crippen molar-refractivity contribution in [2.45, 2.75) is 13.0 Å². The highest BCUT2D eigenvalue weighted by molar-refractivity contribution is 6.01. The second-order valence-electron chi connectivity index (χ2n) is 4.82. The van der Waals surface area contributed by atoms with Crippen molar-refractivity contribution in [3.63, 3.8) is 0 Å².